The highest BCUT2D eigenvalue weighted by atomic mass is 35.5. The molecule has 94 valence electrons. The Labute approximate surface area is 116 Å². The fourth-order valence-electron chi connectivity index (χ4n) is 2.59. The first-order valence-electron chi connectivity index (χ1n) is 6.01. The summed E-state index contributed by atoms with van der Waals surface area (Å²) in [5.74, 6) is 0.301. The van der Waals surface area contributed by atoms with Crippen molar-refractivity contribution in [3.63, 3.8) is 0 Å². The molecule has 1 atom stereocenters. The van der Waals surface area contributed by atoms with Gasteiger partial charge in [-0.05, 0) is 30.0 Å². The summed E-state index contributed by atoms with van der Waals surface area (Å²) in [4.78, 5) is 17.9. The number of benzene rings is 1. The number of Topliss-reactive ketones (excluding diaryl/α,β-unsaturated/α-hetero) is 1. The third kappa shape index (κ3) is 2.10. The van der Waals surface area contributed by atoms with Gasteiger partial charge in [-0.2, -0.15) is 0 Å². The van der Waals surface area contributed by atoms with Gasteiger partial charge in [0.1, 0.15) is 5.25 Å². The molecule has 0 spiro atoms. The predicted octanol–water partition coefficient (Wildman–Crippen LogP) is 4.28. The third-order valence-corrected chi connectivity index (χ3v) is 4.94. The maximum atomic E-state index is 12.2. The van der Waals surface area contributed by atoms with E-state index in [9.17, 15) is 4.79 Å². The number of fused-ring (bicyclic) bond motifs is 2. The van der Waals surface area contributed by atoms with Crippen molar-refractivity contribution >= 4 is 40.5 Å². The Balaban J connectivity index is 2.06. The molecule has 2 aliphatic rings. The summed E-state index contributed by atoms with van der Waals surface area (Å²) in [6.45, 7) is 4.25. The Morgan fingerprint density at radius 1 is 1.39 bits per heavy atom. The van der Waals surface area contributed by atoms with Crippen molar-refractivity contribution in [3.8, 4) is 0 Å². The van der Waals surface area contributed by atoms with Crippen LogP contribution in [0, 0.1) is 5.41 Å². The average Bonchev–Trinajstić information content (AvgIpc) is 2.25. The molecule has 4 heteroatoms. The van der Waals surface area contributed by atoms with Crippen molar-refractivity contribution in [2.24, 2.45) is 10.4 Å². The van der Waals surface area contributed by atoms with Crippen LogP contribution in [0.15, 0.2) is 28.1 Å². The van der Waals surface area contributed by atoms with Gasteiger partial charge in [-0.25, -0.2) is 0 Å². The SMILES string of the molecule is CC1(C)CC(=O)C2Sc3ccc(Cl)cc3N=C2C1. The molecule has 0 aromatic heterocycles. The van der Waals surface area contributed by atoms with Gasteiger partial charge < -0.3 is 0 Å². The molecule has 3 rings (SSSR count). The van der Waals surface area contributed by atoms with Gasteiger partial charge in [0, 0.05) is 22.1 Å². The number of aliphatic imine (C=N–C) groups is 1. The van der Waals surface area contributed by atoms with E-state index in [4.69, 9.17) is 11.6 Å². The number of thioether (sulfide) groups is 1. The Bertz CT molecular complexity index is 565. The molecule has 1 unspecified atom stereocenters. The fraction of sp³-hybridized carbons (Fsp3) is 0.429. The van der Waals surface area contributed by atoms with Crippen LogP contribution in [0.4, 0.5) is 5.69 Å². The van der Waals surface area contributed by atoms with E-state index in [1.54, 1.807) is 11.8 Å². The molecular formula is C14H14ClNOS. The zero-order valence-corrected chi connectivity index (χ0v) is 11.9. The highest BCUT2D eigenvalue weighted by Gasteiger charge is 2.40. The maximum Gasteiger partial charge on any atom is 0.152 e. The molecular weight excluding hydrogens is 266 g/mol. The first-order chi connectivity index (χ1) is 8.44. The molecule has 0 amide bonds. The first kappa shape index (κ1) is 12.2. The Morgan fingerprint density at radius 3 is 2.94 bits per heavy atom. The maximum absolute atomic E-state index is 12.2. The largest absolute Gasteiger partial charge is 0.298 e. The van der Waals surface area contributed by atoms with E-state index >= 15 is 0 Å². The van der Waals surface area contributed by atoms with Crippen LogP contribution < -0.4 is 0 Å². The third-order valence-electron chi connectivity index (χ3n) is 3.34. The van der Waals surface area contributed by atoms with Gasteiger partial charge in [-0.1, -0.05) is 25.4 Å². The molecule has 2 nitrogen and oxygen atoms in total. The van der Waals surface area contributed by atoms with Gasteiger partial charge in [0.05, 0.1) is 5.69 Å². The van der Waals surface area contributed by atoms with Gasteiger partial charge in [-0.3, -0.25) is 9.79 Å². The molecule has 1 aliphatic carbocycles. The van der Waals surface area contributed by atoms with Crippen molar-refractivity contribution in [2.75, 3.05) is 0 Å². The highest BCUT2D eigenvalue weighted by molar-refractivity contribution is 8.01. The molecule has 0 saturated heterocycles. The number of hydrogen-bond donors (Lipinski definition) is 0. The zero-order chi connectivity index (χ0) is 12.9. The second kappa shape index (κ2) is 4.10. The molecule has 0 N–H and O–H groups in total. The van der Waals surface area contributed by atoms with Crippen LogP contribution in [-0.4, -0.2) is 16.7 Å². The highest BCUT2D eigenvalue weighted by Crippen LogP contribution is 2.45. The number of carbonyl (C=O) groups excluding carboxylic acids is 1. The number of rotatable bonds is 0. The van der Waals surface area contributed by atoms with Gasteiger partial charge in [-0.15, -0.1) is 11.8 Å². The lowest BCUT2D eigenvalue weighted by Gasteiger charge is -2.36. The Kier molecular flexibility index (Phi) is 2.79. The summed E-state index contributed by atoms with van der Waals surface area (Å²) in [5.41, 5.74) is 1.95. The van der Waals surface area contributed by atoms with Crippen molar-refractivity contribution in [1.82, 2.24) is 0 Å². The molecule has 0 radical (unpaired) electrons. The molecule has 1 heterocycles. The second-order valence-electron chi connectivity index (χ2n) is 5.70. The molecule has 1 saturated carbocycles. The van der Waals surface area contributed by atoms with E-state index in [0.717, 1.165) is 22.7 Å². The fourth-order valence-corrected chi connectivity index (χ4v) is 3.87. The smallest absolute Gasteiger partial charge is 0.152 e. The minimum atomic E-state index is -0.0771. The lowest BCUT2D eigenvalue weighted by molar-refractivity contribution is -0.120. The van der Waals surface area contributed by atoms with E-state index in [1.807, 2.05) is 18.2 Å². The van der Waals surface area contributed by atoms with E-state index in [-0.39, 0.29) is 10.7 Å². The number of halogens is 1. The van der Waals surface area contributed by atoms with Gasteiger partial charge in [0.15, 0.2) is 5.78 Å². The van der Waals surface area contributed by atoms with Crippen LogP contribution in [-0.2, 0) is 4.79 Å². The normalized spacial score (nSPS) is 25.2. The minimum absolute atomic E-state index is 0.0308. The van der Waals surface area contributed by atoms with Gasteiger partial charge in [0.25, 0.3) is 0 Å². The molecule has 1 fully saturated rings. The van der Waals surface area contributed by atoms with Crippen LogP contribution in [0.5, 0.6) is 0 Å². The minimum Gasteiger partial charge on any atom is -0.298 e. The lowest BCUT2D eigenvalue weighted by Crippen LogP contribution is -2.40. The predicted molar refractivity (Wildman–Crippen MR) is 76.2 cm³/mol. The first-order valence-corrected chi connectivity index (χ1v) is 7.27. The topological polar surface area (TPSA) is 29.4 Å². The van der Waals surface area contributed by atoms with Gasteiger partial charge >= 0.3 is 0 Å². The summed E-state index contributed by atoms with van der Waals surface area (Å²) in [7, 11) is 0. The zero-order valence-electron chi connectivity index (χ0n) is 10.4. The standard InChI is InChI=1S/C14H14ClNOS/c1-14(2)6-10-13(11(17)7-14)18-12-4-3-8(15)5-9(12)16-10/h3-5,13H,6-7H2,1-2H3. The van der Waals surface area contributed by atoms with E-state index < -0.39 is 0 Å². The number of ketones is 1. The number of hydrogen-bond acceptors (Lipinski definition) is 3. The van der Waals surface area contributed by atoms with E-state index in [1.165, 1.54) is 0 Å². The number of nitrogens with zero attached hydrogens (tertiary/aromatic N) is 1. The lowest BCUT2D eigenvalue weighted by atomic mass is 9.75. The van der Waals surface area contributed by atoms with Crippen molar-refractivity contribution < 1.29 is 4.79 Å². The van der Waals surface area contributed by atoms with Crippen molar-refractivity contribution in [2.45, 2.75) is 36.8 Å². The van der Waals surface area contributed by atoms with Crippen LogP contribution in [0.1, 0.15) is 26.7 Å². The van der Waals surface area contributed by atoms with Crippen LogP contribution in [0.3, 0.4) is 0 Å². The van der Waals surface area contributed by atoms with E-state index in [0.29, 0.717) is 17.2 Å². The van der Waals surface area contributed by atoms with Crippen LogP contribution in [0.2, 0.25) is 5.02 Å². The monoisotopic (exact) mass is 279 g/mol. The van der Waals surface area contributed by atoms with Crippen molar-refractivity contribution in [3.05, 3.63) is 23.2 Å². The average molecular weight is 280 g/mol. The quantitative estimate of drug-likeness (QED) is 0.709. The molecule has 18 heavy (non-hydrogen) atoms. The summed E-state index contributed by atoms with van der Waals surface area (Å²) in [6.07, 6.45) is 1.54. The molecule has 1 aromatic carbocycles. The Morgan fingerprint density at radius 2 is 2.17 bits per heavy atom. The van der Waals surface area contributed by atoms with Crippen LogP contribution in [0.25, 0.3) is 0 Å². The van der Waals surface area contributed by atoms with E-state index in [2.05, 4.69) is 18.8 Å². The Hall–Kier alpha value is -0.800. The summed E-state index contributed by atoms with van der Waals surface area (Å²) < 4.78 is 0. The summed E-state index contributed by atoms with van der Waals surface area (Å²) in [6, 6.07) is 5.68. The molecule has 1 aliphatic heterocycles. The molecule has 1 aromatic rings. The van der Waals surface area contributed by atoms with Gasteiger partial charge in [0.2, 0.25) is 0 Å². The summed E-state index contributed by atoms with van der Waals surface area (Å²) in [5, 5.41) is 0.616. The van der Waals surface area contributed by atoms with Crippen LogP contribution >= 0.6 is 23.4 Å². The number of carbonyl (C=O) groups is 1. The van der Waals surface area contributed by atoms with Crippen molar-refractivity contribution in [1.29, 1.82) is 0 Å². The summed E-state index contributed by atoms with van der Waals surface area (Å²) >= 11 is 7.61. The molecule has 0 bridgehead atoms. The second-order valence-corrected chi connectivity index (χ2v) is 7.28.